The Labute approximate surface area is 119 Å². The van der Waals surface area contributed by atoms with E-state index in [1.807, 2.05) is 6.07 Å². The van der Waals surface area contributed by atoms with Crippen molar-refractivity contribution in [2.24, 2.45) is 0 Å². The van der Waals surface area contributed by atoms with Crippen LogP contribution < -0.4 is 0 Å². The van der Waals surface area contributed by atoms with Crippen LogP contribution in [0.15, 0.2) is 18.2 Å². The van der Waals surface area contributed by atoms with Crippen LogP contribution in [0.2, 0.25) is 0 Å². The Hall–Kier alpha value is -1.84. The van der Waals surface area contributed by atoms with E-state index in [9.17, 15) is 4.79 Å². The van der Waals surface area contributed by atoms with Gasteiger partial charge >= 0.3 is 5.97 Å². The fourth-order valence-electron chi connectivity index (χ4n) is 2.40. The Kier molecular flexibility index (Phi) is 3.16. The summed E-state index contributed by atoms with van der Waals surface area (Å²) in [4.78, 5) is 15.8. The van der Waals surface area contributed by atoms with E-state index < -0.39 is 5.97 Å². The van der Waals surface area contributed by atoms with Crippen molar-refractivity contribution in [3.8, 4) is 0 Å². The SMILES string of the molecule is CC(C)(C)c1nc2cc(C(=O)O)ccc2n1C(C)(C)C. The van der Waals surface area contributed by atoms with Crippen molar-refractivity contribution in [2.45, 2.75) is 52.5 Å². The molecule has 2 aromatic rings. The molecule has 1 aromatic heterocycles. The van der Waals surface area contributed by atoms with Crippen LogP contribution in [0.3, 0.4) is 0 Å². The van der Waals surface area contributed by atoms with Gasteiger partial charge in [0.1, 0.15) is 5.82 Å². The first-order chi connectivity index (χ1) is 9.01. The molecule has 0 amide bonds. The van der Waals surface area contributed by atoms with Crippen LogP contribution in [-0.2, 0) is 11.0 Å². The number of aromatic carboxylic acids is 1. The van der Waals surface area contributed by atoms with Crippen molar-refractivity contribution in [1.82, 2.24) is 9.55 Å². The number of carboxylic acids is 1. The zero-order chi connectivity index (χ0) is 15.3. The molecule has 0 atom stereocenters. The number of fused-ring (bicyclic) bond motifs is 1. The van der Waals surface area contributed by atoms with Crippen LogP contribution in [0.4, 0.5) is 0 Å². The summed E-state index contributed by atoms with van der Waals surface area (Å²) in [6.07, 6.45) is 0. The molecule has 0 aliphatic rings. The fraction of sp³-hybridized carbons (Fsp3) is 0.500. The van der Waals surface area contributed by atoms with Crippen molar-refractivity contribution in [3.63, 3.8) is 0 Å². The lowest BCUT2D eigenvalue weighted by Gasteiger charge is -2.29. The van der Waals surface area contributed by atoms with Gasteiger partial charge in [-0.2, -0.15) is 0 Å². The Morgan fingerprint density at radius 1 is 1.15 bits per heavy atom. The minimum atomic E-state index is -0.922. The fourth-order valence-corrected chi connectivity index (χ4v) is 2.40. The van der Waals surface area contributed by atoms with Gasteiger partial charge in [-0.3, -0.25) is 0 Å². The molecule has 4 heteroatoms. The summed E-state index contributed by atoms with van der Waals surface area (Å²) in [6, 6.07) is 5.14. The summed E-state index contributed by atoms with van der Waals surface area (Å²) in [5.74, 6) is 0.0528. The van der Waals surface area contributed by atoms with Gasteiger partial charge in [-0.05, 0) is 39.0 Å². The number of imidazole rings is 1. The highest BCUT2D eigenvalue weighted by Gasteiger charge is 2.28. The molecular formula is C16H22N2O2. The minimum Gasteiger partial charge on any atom is -0.478 e. The normalized spacial score (nSPS) is 12.9. The highest BCUT2D eigenvalue weighted by molar-refractivity contribution is 5.92. The summed E-state index contributed by atoms with van der Waals surface area (Å²) in [5, 5.41) is 9.11. The average molecular weight is 274 g/mol. The van der Waals surface area contributed by atoms with E-state index in [0.717, 1.165) is 16.9 Å². The topological polar surface area (TPSA) is 55.1 Å². The minimum absolute atomic E-state index is 0.102. The van der Waals surface area contributed by atoms with Gasteiger partial charge in [0.2, 0.25) is 0 Å². The summed E-state index contributed by atoms with van der Waals surface area (Å²) in [5.41, 5.74) is 1.78. The molecule has 0 bridgehead atoms. The van der Waals surface area contributed by atoms with Crippen molar-refractivity contribution in [2.75, 3.05) is 0 Å². The van der Waals surface area contributed by atoms with Crippen LogP contribution in [-0.4, -0.2) is 20.6 Å². The van der Waals surface area contributed by atoms with Crippen LogP contribution in [0.5, 0.6) is 0 Å². The smallest absolute Gasteiger partial charge is 0.335 e. The zero-order valence-corrected chi connectivity index (χ0v) is 13.0. The number of benzene rings is 1. The molecule has 0 radical (unpaired) electrons. The van der Waals surface area contributed by atoms with Crippen molar-refractivity contribution < 1.29 is 9.90 Å². The maximum absolute atomic E-state index is 11.1. The lowest BCUT2D eigenvalue weighted by atomic mass is 9.94. The second kappa shape index (κ2) is 4.33. The van der Waals surface area contributed by atoms with Gasteiger partial charge in [-0.25, -0.2) is 9.78 Å². The van der Waals surface area contributed by atoms with E-state index in [4.69, 9.17) is 10.1 Å². The molecule has 108 valence electrons. The van der Waals surface area contributed by atoms with Gasteiger partial charge in [-0.1, -0.05) is 20.8 Å². The van der Waals surface area contributed by atoms with Gasteiger partial charge in [-0.15, -0.1) is 0 Å². The second-order valence-corrected chi connectivity index (χ2v) is 7.20. The van der Waals surface area contributed by atoms with Gasteiger partial charge in [0.05, 0.1) is 16.6 Å². The zero-order valence-electron chi connectivity index (χ0n) is 13.0. The van der Waals surface area contributed by atoms with Gasteiger partial charge in [0.25, 0.3) is 0 Å². The molecule has 4 nitrogen and oxygen atoms in total. The highest BCUT2D eigenvalue weighted by atomic mass is 16.4. The van der Waals surface area contributed by atoms with Gasteiger partial charge < -0.3 is 9.67 Å². The van der Waals surface area contributed by atoms with E-state index in [-0.39, 0.29) is 16.5 Å². The number of aromatic nitrogens is 2. The lowest BCUT2D eigenvalue weighted by molar-refractivity contribution is 0.0697. The second-order valence-electron chi connectivity index (χ2n) is 7.20. The molecule has 1 N–H and O–H groups in total. The number of hydrogen-bond acceptors (Lipinski definition) is 2. The number of rotatable bonds is 1. The molecule has 0 unspecified atom stereocenters. The van der Waals surface area contributed by atoms with E-state index in [0.29, 0.717) is 0 Å². The van der Waals surface area contributed by atoms with Crippen LogP contribution in [0.25, 0.3) is 11.0 Å². The largest absolute Gasteiger partial charge is 0.478 e. The number of carboxylic acid groups (broad SMARTS) is 1. The third-order valence-electron chi connectivity index (χ3n) is 3.24. The monoisotopic (exact) mass is 274 g/mol. The van der Waals surface area contributed by atoms with Gasteiger partial charge in [0, 0.05) is 11.0 Å². The summed E-state index contributed by atoms with van der Waals surface area (Å²) < 4.78 is 2.20. The van der Waals surface area contributed by atoms with E-state index in [2.05, 4.69) is 46.1 Å². The number of carbonyl (C=O) groups is 1. The standard InChI is InChI=1S/C16H22N2O2/c1-15(2,3)14-17-11-9-10(13(19)20)7-8-12(11)18(14)16(4,5)6/h7-9H,1-6H3,(H,19,20). The van der Waals surface area contributed by atoms with Gasteiger partial charge in [0.15, 0.2) is 0 Å². The van der Waals surface area contributed by atoms with Crippen LogP contribution in [0.1, 0.15) is 57.7 Å². The van der Waals surface area contributed by atoms with Crippen molar-refractivity contribution in [1.29, 1.82) is 0 Å². The summed E-state index contributed by atoms with van der Waals surface area (Å²) in [7, 11) is 0. The maximum atomic E-state index is 11.1. The average Bonchev–Trinajstić information content (AvgIpc) is 2.65. The Morgan fingerprint density at radius 2 is 1.75 bits per heavy atom. The number of hydrogen-bond donors (Lipinski definition) is 1. The molecule has 0 saturated heterocycles. The molecule has 2 rings (SSSR count). The molecular weight excluding hydrogens is 252 g/mol. The molecule has 0 saturated carbocycles. The quantitative estimate of drug-likeness (QED) is 0.860. The Morgan fingerprint density at radius 3 is 2.20 bits per heavy atom. The lowest BCUT2D eigenvalue weighted by Crippen LogP contribution is -2.29. The predicted molar refractivity (Wildman–Crippen MR) is 80.4 cm³/mol. The Bertz CT molecular complexity index is 670. The third-order valence-corrected chi connectivity index (χ3v) is 3.24. The molecule has 0 spiro atoms. The first-order valence-corrected chi connectivity index (χ1v) is 6.78. The van der Waals surface area contributed by atoms with E-state index >= 15 is 0 Å². The van der Waals surface area contributed by atoms with Crippen LogP contribution in [0, 0.1) is 0 Å². The van der Waals surface area contributed by atoms with Crippen molar-refractivity contribution >= 4 is 17.0 Å². The van der Waals surface area contributed by atoms with E-state index in [1.165, 1.54) is 0 Å². The molecule has 1 aromatic carbocycles. The van der Waals surface area contributed by atoms with Crippen LogP contribution >= 0.6 is 0 Å². The third kappa shape index (κ3) is 2.42. The first-order valence-electron chi connectivity index (χ1n) is 6.78. The number of nitrogens with zero attached hydrogens (tertiary/aromatic N) is 2. The predicted octanol–water partition coefficient (Wildman–Crippen LogP) is 3.79. The molecule has 0 aliphatic heterocycles. The molecule has 0 aliphatic carbocycles. The van der Waals surface area contributed by atoms with E-state index in [1.54, 1.807) is 12.1 Å². The summed E-state index contributed by atoms with van der Waals surface area (Å²) in [6.45, 7) is 12.8. The molecule has 1 heterocycles. The maximum Gasteiger partial charge on any atom is 0.335 e. The summed E-state index contributed by atoms with van der Waals surface area (Å²) >= 11 is 0. The Balaban J connectivity index is 2.83. The first kappa shape index (κ1) is 14.6. The highest BCUT2D eigenvalue weighted by Crippen LogP contribution is 2.32. The molecule has 20 heavy (non-hydrogen) atoms. The van der Waals surface area contributed by atoms with Crippen molar-refractivity contribution in [3.05, 3.63) is 29.6 Å². The molecule has 0 fully saturated rings.